The lowest BCUT2D eigenvalue weighted by atomic mass is 9.93. The van der Waals surface area contributed by atoms with E-state index in [1.807, 2.05) is 26.0 Å². The zero-order valence-corrected chi connectivity index (χ0v) is 17.1. The van der Waals surface area contributed by atoms with E-state index in [1.54, 1.807) is 18.2 Å². The SMILES string of the molecule is C=C/C=C\C(=N)c1ccc(C2CCC/C(c3ccccc3)=C\CN2)cc1.CC. The van der Waals surface area contributed by atoms with E-state index in [4.69, 9.17) is 5.41 Å². The molecule has 0 spiro atoms. The van der Waals surface area contributed by atoms with Gasteiger partial charge >= 0.3 is 0 Å². The van der Waals surface area contributed by atoms with Gasteiger partial charge in [0.25, 0.3) is 0 Å². The number of allylic oxidation sites excluding steroid dienone is 4. The van der Waals surface area contributed by atoms with Crippen LogP contribution in [-0.4, -0.2) is 12.3 Å². The van der Waals surface area contributed by atoms with Crippen LogP contribution >= 0.6 is 0 Å². The fourth-order valence-corrected chi connectivity index (χ4v) is 3.38. The van der Waals surface area contributed by atoms with E-state index >= 15 is 0 Å². The number of benzene rings is 2. The first-order chi connectivity index (χ1) is 13.8. The molecular formula is C26H32N2. The fourth-order valence-electron chi connectivity index (χ4n) is 3.38. The molecule has 1 heterocycles. The van der Waals surface area contributed by atoms with Crippen molar-refractivity contribution in [1.82, 2.24) is 5.32 Å². The first kappa shape index (κ1) is 21.6. The van der Waals surface area contributed by atoms with Crippen molar-refractivity contribution in [2.75, 3.05) is 6.54 Å². The largest absolute Gasteiger partial charge is 0.306 e. The summed E-state index contributed by atoms with van der Waals surface area (Å²) in [7, 11) is 0. The molecule has 0 saturated heterocycles. The van der Waals surface area contributed by atoms with Gasteiger partial charge in [-0.25, -0.2) is 0 Å². The van der Waals surface area contributed by atoms with E-state index in [0.29, 0.717) is 11.8 Å². The molecule has 1 aliphatic heterocycles. The predicted molar refractivity (Wildman–Crippen MR) is 123 cm³/mol. The van der Waals surface area contributed by atoms with Crippen LogP contribution in [0.3, 0.4) is 0 Å². The second kappa shape index (κ2) is 11.9. The van der Waals surface area contributed by atoms with Crippen molar-refractivity contribution >= 4 is 11.3 Å². The van der Waals surface area contributed by atoms with E-state index in [-0.39, 0.29) is 0 Å². The van der Waals surface area contributed by atoms with Gasteiger partial charge in [0.2, 0.25) is 0 Å². The molecule has 0 amide bonds. The maximum Gasteiger partial charge on any atom is 0.0612 e. The van der Waals surface area contributed by atoms with Crippen LogP contribution < -0.4 is 5.32 Å². The van der Waals surface area contributed by atoms with Crippen molar-refractivity contribution in [3.63, 3.8) is 0 Å². The van der Waals surface area contributed by atoms with Crippen molar-refractivity contribution in [3.8, 4) is 0 Å². The maximum absolute atomic E-state index is 8.06. The first-order valence-electron chi connectivity index (χ1n) is 10.2. The van der Waals surface area contributed by atoms with Crippen LogP contribution in [0.5, 0.6) is 0 Å². The summed E-state index contributed by atoms with van der Waals surface area (Å²) in [6.45, 7) is 8.53. The lowest BCUT2D eigenvalue weighted by Gasteiger charge is -2.22. The van der Waals surface area contributed by atoms with Gasteiger partial charge in [0.15, 0.2) is 0 Å². The minimum absolute atomic E-state index is 0.371. The zero-order chi connectivity index (χ0) is 20.2. The molecule has 0 bridgehead atoms. The van der Waals surface area contributed by atoms with Gasteiger partial charge in [-0.2, -0.15) is 0 Å². The Hall–Kier alpha value is -2.71. The van der Waals surface area contributed by atoms with Crippen LogP contribution in [-0.2, 0) is 0 Å². The summed E-state index contributed by atoms with van der Waals surface area (Å²) in [5, 5.41) is 11.7. The molecule has 0 aliphatic carbocycles. The molecule has 1 aliphatic rings. The first-order valence-corrected chi connectivity index (χ1v) is 10.2. The summed E-state index contributed by atoms with van der Waals surface area (Å²) >= 11 is 0. The van der Waals surface area contributed by atoms with Gasteiger partial charge in [0.1, 0.15) is 0 Å². The second-order valence-corrected chi connectivity index (χ2v) is 6.58. The van der Waals surface area contributed by atoms with Crippen molar-refractivity contribution in [3.05, 3.63) is 102 Å². The molecule has 2 heteroatoms. The fraction of sp³-hybridized carbons (Fsp3) is 0.269. The van der Waals surface area contributed by atoms with E-state index < -0.39 is 0 Å². The molecule has 2 N–H and O–H groups in total. The van der Waals surface area contributed by atoms with E-state index in [1.165, 1.54) is 16.7 Å². The minimum atomic E-state index is 0.371. The lowest BCUT2D eigenvalue weighted by molar-refractivity contribution is 0.505. The van der Waals surface area contributed by atoms with Crippen molar-refractivity contribution in [2.24, 2.45) is 0 Å². The molecule has 0 saturated carbocycles. The topological polar surface area (TPSA) is 35.9 Å². The summed E-state index contributed by atoms with van der Waals surface area (Å²) in [6.07, 6.45) is 11.0. The third-order valence-electron chi connectivity index (χ3n) is 4.82. The van der Waals surface area contributed by atoms with Gasteiger partial charge in [-0.1, -0.05) is 93.3 Å². The van der Waals surface area contributed by atoms with E-state index in [0.717, 1.165) is 31.4 Å². The minimum Gasteiger partial charge on any atom is -0.306 e. The van der Waals surface area contributed by atoms with Gasteiger partial charge < -0.3 is 10.7 Å². The Morgan fingerprint density at radius 2 is 1.79 bits per heavy atom. The number of rotatable bonds is 5. The molecule has 28 heavy (non-hydrogen) atoms. The van der Waals surface area contributed by atoms with Crippen molar-refractivity contribution < 1.29 is 0 Å². The normalized spacial score (nSPS) is 18.8. The maximum atomic E-state index is 8.06. The number of hydrogen-bond acceptors (Lipinski definition) is 2. The van der Waals surface area contributed by atoms with Crippen LogP contribution in [0.4, 0.5) is 0 Å². The Bertz CT molecular complexity index is 798. The molecule has 2 aromatic carbocycles. The van der Waals surface area contributed by atoms with Gasteiger partial charge in [-0.3, -0.25) is 0 Å². The van der Waals surface area contributed by atoms with Crippen LogP contribution in [0, 0.1) is 5.41 Å². The Morgan fingerprint density at radius 3 is 2.46 bits per heavy atom. The quantitative estimate of drug-likeness (QED) is 0.443. The number of nitrogens with one attached hydrogen (secondary N) is 2. The Kier molecular flexibility index (Phi) is 9.17. The summed E-state index contributed by atoms with van der Waals surface area (Å²) in [5.41, 5.74) is 5.52. The van der Waals surface area contributed by atoms with E-state index in [9.17, 15) is 0 Å². The highest BCUT2D eigenvalue weighted by Crippen LogP contribution is 2.27. The Morgan fingerprint density at radius 1 is 1.07 bits per heavy atom. The van der Waals surface area contributed by atoms with Crippen molar-refractivity contribution in [1.29, 1.82) is 5.41 Å². The third-order valence-corrected chi connectivity index (χ3v) is 4.82. The van der Waals surface area contributed by atoms with E-state index in [2.05, 4.69) is 60.4 Å². The predicted octanol–water partition coefficient (Wildman–Crippen LogP) is 6.72. The Labute approximate surface area is 170 Å². The Balaban J connectivity index is 0.00000136. The van der Waals surface area contributed by atoms with Crippen LogP contribution in [0.2, 0.25) is 0 Å². The molecule has 146 valence electrons. The smallest absolute Gasteiger partial charge is 0.0612 e. The lowest BCUT2D eigenvalue weighted by Crippen LogP contribution is -2.23. The van der Waals surface area contributed by atoms with Gasteiger partial charge in [-0.15, -0.1) is 0 Å². The zero-order valence-electron chi connectivity index (χ0n) is 17.1. The average Bonchev–Trinajstić information content (AvgIpc) is 2.74. The summed E-state index contributed by atoms with van der Waals surface area (Å²) < 4.78 is 0. The van der Waals surface area contributed by atoms with Crippen LogP contribution in [0.15, 0.2) is 85.5 Å². The van der Waals surface area contributed by atoms with Crippen molar-refractivity contribution in [2.45, 2.75) is 39.2 Å². The average molecular weight is 373 g/mol. The molecular weight excluding hydrogens is 340 g/mol. The molecule has 1 unspecified atom stereocenters. The van der Waals surface area contributed by atoms with Gasteiger partial charge in [0.05, 0.1) is 5.71 Å². The molecule has 0 aromatic heterocycles. The molecule has 1 atom stereocenters. The number of hydrogen-bond donors (Lipinski definition) is 2. The summed E-state index contributed by atoms with van der Waals surface area (Å²) in [4.78, 5) is 0. The van der Waals surface area contributed by atoms with Gasteiger partial charge in [-0.05, 0) is 47.6 Å². The molecule has 2 aromatic rings. The monoisotopic (exact) mass is 372 g/mol. The molecule has 0 radical (unpaired) electrons. The van der Waals surface area contributed by atoms with Gasteiger partial charge in [0, 0.05) is 12.6 Å². The molecule has 3 rings (SSSR count). The summed E-state index contributed by atoms with van der Waals surface area (Å²) in [6, 6.07) is 19.4. The highest BCUT2D eigenvalue weighted by atomic mass is 14.9. The van der Waals surface area contributed by atoms with Crippen LogP contribution in [0.1, 0.15) is 55.8 Å². The third kappa shape index (κ3) is 6.17. The molecule has 0 fully saturated rings. The second-order valence-electron chi connectivity index (χ2n) is 6.58. The summed E-state index contributed by atoms with van der Waals surface area (Å²) in [5.74, 6) is 0. The highest BCUT2D eigenvalue weighted by Gasteiger charge is 2.14. The highest BCUT2D eigenvalue weighted by molar-refractivity contribution is 6.06. The van der Waals surface area contributed by atoms with Crippen LogP contribution in [0.25, 0.3) is 5.57 Å². The molecule has 2 nitrogen and oxygen atoms in total. The standard InChI is InChI=1S/C24H26N2.C2H6/c1-2-3-11-23(25)21-13-15-22(16-14-21)24-12-7-10-20(17-18-26-24)19-8-5-4-6-9-19;1-2/h2-6,8-9,11,13-17,24-26H,1,7,10,12,18H2;1-2H3/b11-3-,20-17+,25-23?;.